The Hall–Kier alpha value is -2.51. The summed E-state index contributed by atoms with van der Waals surface area (Å²) >= 11 is 0. The van der Waals surface area contributed by atoms with Gasteiger partial charge in [-0.1, -0.05) is 0 Å². The highest BCUT2D eigenvalue weighted by atomic mass is 19.1. The number of rotatable bonds is 7. The van der Waals surface area contributed by atoms with Crippen molar-refractivity contribution in [3.63, 3.8) is 0 Å². The highest BCUT2D eigenvalue weighted by molar-refractivity contribution is 5.95. The second kappa shape index (κ2) is 7.17. The fourth-order valence-electron chi connectivity index (χ4n) is 1.52. The molecule has 8 heteroatoms. The standard InChI is InChI=1S/C12H14FN3O4/c13-10-5-4-8(16(19)20)7-9(10)12(18)15-6-2-1-3-11(14)17/h4-5,7H,1-3,6H2,(H2,14,17)(H,15,18). The molecule has 7 nitrogen and oxygen atoms in total. The molecule has 1 aromatic carbocycles. The second-order valence-electron chi connectivity index (χ2n) is 4.10. The van der Waals surface area contributed by atoms with E-state index < -0.39 is 22.6 Å². The molecule has 0 heterocycles. The molecule has 0 aliphatic rings. The Labute approximate surface area is 114 Å². The zero-order valence-corrected chi connectivity index (χ0v) is 10.6. The Morgan fingerprint density at radius 3 is 2.65 bits per heavy atom. The molecule has 0 saturated carbocycles. The zero-order valence-electron chi connectivity index (χ0n) is 10.6. The SMILES string of the molecule is NC(=O)CCCCNC(=O)c1cc([N+](=O)[O-])ccc1F. The fraction of sp³-hybridized carbons (Fsp3) is 0.333. The minimum Gasteiger partial charge on any atom is -0.370 e. The first-order valence-corrected chi connectivity index (χ1v) is 5.92. The van der Waals surface area contributed by atoms with Gasteiger partial charge < -0.3 is 11.1 Å². The Bertz CT molecular complexity index is 533. The first-order chi connectivity index (χ1) is 9.41. The molecule has 1 rings (SSSR count). The van der Waals surface area contributed by atoms with Crippen molar-refractivity contribution in [3.8, 4) is 0 Å². The number of halogens is 1. The van der Waals surface area contributed by atoms with E-state index in [1.807, 2.05) is 0 Å². The van der Waals surface area contributed by atoms with Crippen LogP contribution in [0.1, 0.15) is 29.6 Å². The van der Waals surface area contributed by atoms with E-state index >= 15 is 0 Å². The minimum atomic E-state index is -0.828. The average molecular weight is 283 g/mol. The largest absolute Gasteiger partial charge is 0.370 e. The quantitative estimate of drug-likeness (QED) is 0.443. The Balaban J connectivity index is 2.57. The third-order valence-corrected chi connectivity index (χ3v) is 2.54. The van der Waals surface area contributed by atoms with E-state index in [2.05, 4.69) is 5.32 Å². The van der Waals surface area contributed by atoms with Gasteiger partial charge in [0.25, 0.3) is 11.6 Å². The van der Waals surface area contributed by atoms with Crippen molar-refractivity contribution in [2.24, 2.45) is 5.73 Å². The van der Waals surface area contributed by atoms with Gasteiger partial charge in [0.2, 0.25) is 5.91 Å². The van der Waals surface area contributed by atoms with Crippen molar-refractivity contribution in [2.45, 2.75) is 19.3 Å². The molecule has 3 N–H and O–H groups in total. The van der Waals surface area contributed by atoms with Crippen molar-refractivity contribution in [1.29, 1.82) is 0 Å². The second-order valence-corrected chi connectivity index (χ2v) is 4.10. The number of primary amides is 1. The summed E-state index contributed by atoms with van der Waals surface area (Å²) < 4.78 is 13.4. The number of carbonyl (C=O) groups is 2. The van der Waals surface area contributed by atoms with E-state index in [9.17, 15) is 24.1 Å². The van der Waals surface area contributed by atoms with Crippen molar-refractivity contribution in [2.75, 3.05) is 6.54 Å². The number of nitrogens with two attached hydrogens (primary N) is 1. The third kappa shape index (κ3) is 4.63. The van der Waals surface area contributed by atoms with Crippen LogP contribution in [-0.4, -0.2) is 23.3 Å². The maximum Gasteiger partial charge on any atom is 0.270 e. The van der Waals surface area contributed by atoms with E-state index in [4.69, 9.17) is 5.73 Å². The van der Waals surface area contributed by atoms with Crippen LogP contribution in [0.15, 0.2) is 18.2 Å². The molecule has 0 unspecified atom stereocenters. The van der Waals surface area contributed by atoms with Gasteiger partial charge in [0.15, 0.2) is 0 Å². The lowest BCUT2D eigenvalue weighted by molar-refractivity contribution is -0.384. The average Bonchev–Trinajstić information content (AvgIpc) is 2.37. The van der Waals surface area contributed by atoms with Gasteiger partial charge >= 0.3 is 0 Å². The number of nitrogens with one attached hydrogen (secondary N) is 1. The van der Waals surface area contributed by atoms with Crippen LogP contribution in [0.5, 0.6) is 0 Å². The molecule has 108 valence electrons. The van der Waals surface area contributed by atoms with Gasteiger partial charge in [0.1, 0.15) is 5.82 Å². The van der Waals surface area contributed by atoms with E-state index in [1.165, 1.54) is 0 Å². The highest BCUT2D eigenvalue weighted by Gasteiger charge is 2.16. The van der Waals surface area contributed by atoms with Crippen molar-refractivity contribution >= 4 is 17.5 Å². The number of nitrogens with zero attached hydrogens (tertiary/aromatic N) is 1. The highest BCUT2D eigenvalue weighted by Crippen LogP contribution is 2.16. The molecule has 0 radical (unpaired) electrons. The molecule has 0 bridgehead atoms. The van der Waals surface area contributed by atoms with Crippen LogP contribution in [0.3, 0.4) is 0 Å². The molecule has 0 fully saturated rings. The van der Waals surface area contributed by atoms with Crippen molar-refractivity contribution in [1.82, 2.24) is 5.32 Å². The molecule has 1 aromatic rings. The molecular formula is C12H14FN3O4. The van der Waals surface area contributed by atoms with Gasteiger partial charge in [-0.3, -0.25) is 19.7 Å². The van der Waals surface area contributed by atoms with Gasteiger partial charge in [-0.05, 0) is 18.9 Å². The van der Waals surface area contributed by atoms with E-state index in [0.29, 0.717) is 12.8 Å². The number of hydrogen-bond acceptors (Lipinski definition) is 4. The number of nitro benzene ring substituents is 1. The predicted octanol–water partition coefficient (Wildman–Crippen LogP) is 1.12. The van der Waals surface area contributed by atoms with Crippen LogP contribution in [0.2, 0.25) is 0 Å². The summed E-state index contributed by atoms with van der Waals surface area (Å²) in [6, 6.07) is 2.74. The van der Waals surface area contributed by atoms with Crippen molar-refractivity contribution < 1.29 is 18.9 Å². The maximum atomic E-state index is 13.4. The lowest BCUT2D eigenvalue weighted by Crippen LogP contribution is -2.25. The first kappa shape index (κ1) is 15.5. The summed E-state index contributed by atoms with van der Waals surface area (Å²) in [7, 11) is 0. The fourth-order valence-corrected chi connectivity index (χ4v) is 1.52. The number of unbranched alkanes of at least 4 members (excludes halogenated alkanes) is 1. The van der Waals surface area contributed by atoms with Gasteiger partial charge in [0.05, 0.1) is 10.5 Å². The molecule has 0 aromatic heterocycles. The normalized spacial score (nSPS) is 10.1. The van der Waals surface area contributed by atoms with Crippen molar-refractivity contribution in [3.05, 3.63) is 39.7 Å². The van der Waals surface area contributed by atoms with Crippen LogP contribution in [0, 0.1) is 15.9 Å². The number of hydrogen-bond donors (Lipinski definition) is 2. The van der Waals surface area contributed by atoms with Gasteiger partial charge in [0, 0.05) is 25.1 Å². The number of non-ortho nitro benzene ring substituents is 1. The minimum absolute atomic E-state index is 0.209. The summed E-state index contributed by atoms with van der Waals surface area (Å²) in [5, 5.41) is 13.0. The molecule has 0 atom stereocenters. The predicted molar refractivity (Wildman–Crippen MR) is 68.4 cm³/mol. The summed E-state index contributed by atoms with van der Waals surface area (Å²) in [5.41, 5.74) is 4.21. The van der Waals surface area contributed by atoms with Gasteiger partial charge in [-0.2, -0.15) is 0 Å². The van der Waals surface area contributed by atoms with Gasteiger partial charge in [-0.15, -0.1) is 0 Å². The first-order valence-electron chi connectivity index (χ1n) is 5.92. The Morgan fingerprint density at radius 1 is 1.35 bits per heavy atom. The topological polar surface area (TPSA) is 115 Å². The lowest BCUT2D eigenvalue weighted by atomic mass is 10.1. The third-order valence-electron chi connectivity index (χ3n) is 2.54. The van der Waals surface area contributed by atoms with Crippen LogP contribution in [-0.2, 0) is 4.79 Å². The summed E-state index contributed by atoms with van der Waals surface area (Å²) in [6.45, 7) is 0.230. The Kier molecular flexibility index (Phi) is 5.57. The van der Waals surface area contributed by atoms with E-state index in [0.717, 1.165) is 18.2 Å². The molecular weight excluding hydrogens is 269 g/mol. The number of nitro groups is 1. The summed E-state index contributed by atoms with van der Waals surface area (Å²) in [6.07, 6.45) is 1.22. The van der Waals surface area contributed by atoms with E-state index in [1.54, 1.807) is 0 Å². The maximum absolute atomic E-state index is 13.4. The molecule has 20 heavy (non-hydrogen) atoms. The van der Waals surface area contributed by atoms with Crippen LogP contribution < -0.4 is 11.1 Å². The molecule has 0 aliphatic carbocycles. The van der Waals surface area contributed by atoms with Crippen LogP contribution in [0.25, 0.3) is 0 Å². The van der Waals surface area contributed by atoms with Gasteiger partial charge in [-0.25, -0.2) is 4.39 Å². The van der Waals surface area contributed by atoms with Crippen LogP contribution >= 0.6 is 0 Å². The summed E-state index contributed by atoms with van der Waals surface area (Å²) in [4.78, 5) is 32.0. The Morgan fingerprint density at radius 2 is 2.05 bits per heavy atom. The molecule has 0 spiro atoms. The van der Waals surface area contributed by atoms with Crippen LogP contribution in [0.4, 0.5) is 10.1 Å². The zero-order chi connectivity index (χ0) is 15.1. The monoisotopic (exact) mass is 283 g/mol. The number of carbonyl (C=O) groups excluding carboxylic acids is 2. The molecule has 0 saturated heterocycles. The lowest BCUT2D eigenvalue weighted by Gasteiger charge is -2.05. The van der Waals surface area contributed by atoms with E-state index in [-0.39, 0.29) is 24.2 Å². The molecule has 0 aliphatic heterocycles. The number of amides is 2. The number of benzene rings is 1. The smallest absolute Gasteiger partial charge is 0.270 e. The summed E-state index contributed by atoms with van der Waals surface area (Å²) in [5.74, 6) is -1.99. The molecule has 2 amide bonds.